The minimum absolute atomic E-state index is 0.202. The van der Waals surface area contributed by atoms with E-state index in [0.717, 1.165) is 21.3 Å². The van der Waals surface area contributed by atoms with Gasteiger partial charge in [0.1, 0.15) is 0 Å². The second kappa shape index (κ2) is 7.90. The van der Waals surface area contributed by atoms with Crippen molar-refractivity contribution < 1.29 is 4.79 Å². The number of aromatic nitrogens is 2. The molecule has 3 rings (SSSR count). The molecule has 0 saturated heterocycles. The standard InChI is InChI=1S/C19H17BrN4O/c1-13-7-8-17(16(20)9-13)24-19-22-11-15(12-23-19)18(25)21-10-14-5-3-2-4-6-14/h2-9,11-12H,10H2,1H3,(H,21,25)(H,22,23,24). The van der Waals surface area contributed by atoms with Crippen LogP contribution in [0.25, 0.3) is 0 Å². The fraction of sp³-hybridized carbons (Fsp3) is 0.105. The molecule has 0 fully saturated rings. The summed E-state index contributed by atoms with van der Waals surface area (Å²) in [7, 11) is 0. The van der Waals surface area contributed by atoms with Gasteiger partial charge in [-0.1, -0.05) is 36.4 Å². The number of carbonyl (C=O) groups excluding carboxylic acids is 1. The van der Waals surface area contributed by atoms with Crippen LogP contribution >= 0.6 is 15.9 Å². The Kier molecular flexibility index (Phi) is 5.40. The highest BCUT2D eigenvalue weighted by Crippen LogP contribution is 2.25. The van der Waals surface area contributed by atoms with Crippen molar-refractivity contribution in [2.24, 2.45) is 0 Å². The van der Waals surface area contributed by atoms with E-state index < -0.39 is 0 Å². The average molecular weight is 397 g/mol. The fourth-order valence-electron chi connectivity index (χ4n) is 2.23. The molecule has 0 unspecified atom stereocenters. The van der Waals surface area contributed by atoms with Gasteiger partial charge in [0.25, 0.3) is 5.91 Å². The summed E-state index contributed by atoms with van der Waals surface area (Å²) >= 11 is 3.50. The summed E-state index contributed by atoms with van der Waals surface area (Å²) in [6.45, 7) is 2.49. The number of nitrogens with one attached hydrogen (secondary N) is 2. The van der Waals surface area contributed by atoms with Crippen LogP contribution in [0.5, 0.6) is 0 Å². The monoisotopic (exact) mass is 396 g/mol. The van der Waals surface area contributed by atoms with Crippen LogP contribution in [0.3, 0.4) is 0 Å². The molecule has 6 heteroatoms. The first-order valence-electron chi connectivity index (χ1n) is 7.79. The first-order valence-corrected chi connectivity index (χ1v) is 8.58. The lowest BCUT2D eigenvalue weighted by Crippen LogP contribution is -2.23. The lowest BCUT2D eigenvalue weighted by molar-refractivity contribution is 0.0950. The number of nitrogens with zero attached hydrogens (tertiary/aromatic N) is 2. The molecule has 1 heterocycles. The molecule has 126 valence electrons. The molecule has 1 aromatic heterocycles. The predicted octanol–water partition coefficient (Wildman–Crippen LogP) is 4.22. The van der Waals surface area contributed by atoms with Crippen LogP contribution in [0.1, 0.15) is 21.5 Å². The zero-order chi connectivity index (χ0) is 17.6. The predicted molar refractivity (Wildman–Crippen MR) is 102 cm³/mol. The maximum absolute atomic E-state index is 12.2. The van der Waals surface area contributed by atoms with Crippen molar-refractivity contribution in [2.45, 2.75) is 13.5 Å². The third-order valence-electron chi connectivity index (χ3n) is 3.58. The van der Waals surface area contributed by atoms with E-state index in [-0.39, 0.29) is 5.91 Å². The minimum Gasteiger partial charge on any atom is -0.348 e. The van der Waals surface area contributed by atoms with Gasteiger partial charge >= 0.3 is 0 Å². The van der Waals surface area contributed by atoms with Crippen LogP contribution in [-0.2, 0) is 6.54 Å². The van der Waals surface area contributed by atoms with E-state index >= 15 is 0 Å². The largest absolute Gasteiger partial charge is 0.348 e. The number of hydrogen-bond acceptors (Lipinski definition) is 4. The van der Waals surface area contributed by atoms with Crippen LogP contribution in [0, 0.1) is 6.92 Å². The molecule has 25 heavy (non-hydrogen) atoms. The third-order valence-corrected chi connectivity index (χ3v) is 4.24. The topological polar surface area (TPSA) is 66.9 Å². The molecule has 1 amide bonds. The lowest BCUT2D eigenvalue weighted by atomic mass is 10.2. The summed E-state index contributed by atoms with van der Waals surface area (Å²) in [6, 6.07) is 15.7. The molecule has 0 radical (unpaired) electrons. The number of aryl methyl sites for hydroxylation is 1. The number of benzene rings is 2. The Balaban J connectivity index is 1.62. The van der Waals surface area contributed by atoms with E-state index in [0.29, 0.717) is 18.1 Å². The van der Waals surface area contributed by atoms with E-state index in [1.165, 1.54) is 12.4 Å². The van der Waals surface area contributed by atoms with Crippen LogP contribution in [-0.4, -0.2) is 15.9 Å². The summed E-state index contributed by atoms with van der Waals surface area (Å²) in [4.78, 5) is 20.6. The van der Waals surface area contributed by atoms with E-state index in [1.54, 1.807) is 0 Å². The van der Waals surface area contributed by atoms with Crippen molar-refractivity contribution in [3.05, 3.63) is 82.1 Å². The molecule has 0 saturated carbocycles. The highest BCUT2D eigenvalue weighted by atomic mass is 79.9. The molecule has 5 nitrogen and oxygen atoms in total. The number of amides is 1. The molecule has 0 bridgehead atoms. The molecule has 0 aliphatic heterocycles. The Labute approximate surface area is 154 Å². The quantitative estimate of drug-likeness (QED) is 0.677. The summed E-state index contributed by atoms with van der Waals surface area (Å²) < 4.78 is 0.931. The maximum Gasteiger partial charge on any atom is 0.254 e. The van der Waals surface area contributed by atoms with Crippen LogP contribution in [0.15, 0.2) is 65.4 Å². The second-order valence-electron chi connectivity index (χ2n) is 5.57. The maximum atomic E-state index is 12.2. The second-order valence-corrected chi connectivity index (χ2v) is 6.43. The van der Waals surface area contributed by atoms with Gasteiger partial charge in [-0.25, -0.2) is 9.97 Å². The zero-order valence-corrected chi connectivity index (χ0v) is 15.2. The van der Waals surface area contributed by atoms with E-state index in [9.17, 15) is 4.79 Å². The first-order chi connectivity index (χ1) is 12.1. The molecular weight excluding hydrogens is 380 g/mol. The highest BCUT2D eigenvalue weighted by molar-refractivity contribution is 9.10. The van der Waals surface area contributed by atoms with Gasteiger partial charge in [-0.2, -0.15) is 0 Å². The lowest BCUT2D eigenvalue weighted by Gasteiger charge is -2.08. The van der Waals surface area contributed by atoms with Crippen molar-refractivity contribution >= 4 is 33.5 Å². The summed E-state index contributed by atoms with van der Waals surface area (Å²) in [5, 5.41) is 5.98. The Morgan fingerprint density at radius 3 is 2.48 bits per heavy atom. The van der Waals surface area contributed by atoms with Gasteiger partial charge in [-0.15, -0.1) is 0 Å². The molecule has 2 N–H and O–H groups in total. The van der Waals surface area contributed by atoms with Crippen LogP contribution < -0.4 is 10.6 Å². The van der Waals surface area contributed by atoms with Gasteiger partial charge in [0.05, 0.1) is 11.3 Å². The molecule has 2 aromatic carbocycles. The summed E-state index contributed by atoms with van der Waals surface area (Å²) in [5.74, 6) is 0.232. The Morgan fingerprint density at radius 2 is 1.80 bits per heavy atom. The molecule has 0 atom stereocenters. The fourth-order valence-corrected chi connectivity index (χ4v) is 2.82. The van der Waals surface area contributed by atoms with Crippen molar-refractivity contribution in [1.82, 2.24) is 15.3 Å². The van der Waals surface area contributed by atoms with E-state index in [1.807, 2.05) is 55.5 Å². The van der Waals surface area contributed by atoms with Gasteiger partial charge in [-0.05, 0) is 46.1 Å². The number of anilines is 2. The van der Waals surface area contributed by atoms with Crippen molar-refractivity contribution in [1.29, 1.82) is 0 Å². The van der Waals surface area contributed by atoms with E-state index in [2.05, 4.69) is 36.5 Å². The Hall–Kier alpha value is -2.73. The number of hydrogen-bond donors (Lipinski definition) is 2. The van der Waals surface area contributed by atoms with Gasteiger partial charge < -0.3 is 10.6 Å². The average Bonchev–Trinajstić information content (AvgIpc) is 2.63. The van der Waals surface area contributed by atoms with Crippen LogP contribution in [0.4, 0.5) is 11.6 Å². The SMILES string of the molecule is Cc1ccc(Nc2ncc(C(=O)NCc3ccccc3)cn2)c(Br)c1. The Bertz CT molecular complexity index is 866. The van der Waals surface area contributed by atoms with Gasteiger partial charge in [-0.3, -0.25) is 4.79 Å². The zero-order valence-electron chi connectivity index (χ0n) is 13.7. The number of halogens is 1. The first kappa shape index (κ1) is 17.1. The minimum atomic E-state index is -0.202. The van der Waals surface area contributed by atoms with Gasteiger partial charge in [0.2, 0.25) is 5.95 Å². The molecular formula is C19H17BrN4O. The molecule has 0 aliphatic rings. The third kappa shape index (κ3) is 4.64. The van der Waals surface area contributed by atoms with Crippen molar-refractivity contribution in [2.75, 3.05) is 5.32 Å². The number of rotatable bonds is 5. The smallest absolute Gasteiger partial charge is 0.254 e. The summed E-state index contributed by atoms with van der Waals surface area (Å²) in [5.41, 5.74) is 3.49. The normalized spacial score (nSPS) is 10.3. The van der Waals surface area contributed by atoms with E-state index in [4.69, 9.17) is 0 Å². The van der Waals surface area contributed by atoms with Gasteiger partial charge in [0.15, 0.2) is 0 Å². The summed E-state index contributed by atoms with van der Waals surface area (Å²) in [6.07, 6.45) is 3.02. The molecule has 0 aliphatic carbocycles. The van der Waals surface area contributed by atoms with Gasteiger partial charge in [0, 0.05) is 23.4 Å². The Morgan fingerprint density at radius 1 is 1.08 bits per heavy atom. The number of carbonyl (C=O) groups is 1. The highest BCUT2D eigenvalue weighted by Gasteiger charge is 2.08. The molecule has 0 spiro atoms. The van der Waals surface area contributed by atoms with Crippen LogP contribution in [0.2, 0.25) is 0 Å². The molecule has 3 aromatic rings. The van der Waals surface area contributed by atoms with Crippen molar-refractivity contribution in [3.8, 4) is 0 Å². The van der Waals surface area contributed by atoms with Crippen molar-refractivity contribution in [3.63, 3.8) is 0 Å².